The number of hydrogen-bond donors (Lipinski definition) is 0. The Labute approximate surface area is 220 Å². The van der Waals surface area contributed by atoms with E-state index in [1.807, 2.05) is 42.5 Å². The van der Waals surface area contributed by atoms with Gasteiger partial charge in [0, 0.05) is 5.69 Å². The van der Waals surface area contributed by atoms with Crippen LogP contribution in [-0.4, -0.2) is 43.3 Å². The first kappa shape index (κ1) is 26.3. The van der Waals surface area contributed by atoms with E-state index in [9.17, 15) is 24.9 Å². The Hall–Kier alpha value is -4.76. The molecule has 0 N–H and O–H groups in total. The van der Waals surface area contributed by atoms with Crippen molar-refractivity contribution < 1.29 is 23.9 Å². The first-order valence-electron chi connectivity index (χ1n) is 11.8. The number of carbonyl (C=O) groups is 3. The Morgan fingerprint density at radius 2 is 1.53 bits per heavy atom. The first-order valence-corrected chi connectivity index (χ1v) is 11.8. The Morgan fingerprint density at radius 1 is 0.947 bits per heavy atom. The minimum absolute atomic E-state index is 0.0964. The van der Waals surface area contributed by atoms with Crippen molar-refractivity contribution in [3.8, 4) is 12.1 Å². The van der Waals surface area contributed by atoms with Crippen LogP contribution in [0, 0.1) is 28.1 Å². The number of ether oxygens (including phenoxy) is 2. The molecule has 1 spiro atoms. The number of anilines is 1. The highest BCUT2D eigenvalue weighted by atomic mass is 16.5. The monoisotopic (exact) mass is 510 g/mol. The summed E-state index contributed by atoms with van der Waals surface area (Å²) >= 11 is 0. The fourth-order valence-electron chi connectivity index (χ4n) is 5.27. The predicted molar refractivity (Wildman–Crippen MR) is 138 cm³/mol. The van der Waals surface area contributed by atoms with Crippen molar-refractivity contribution >= 4 is 29.2 Å². The molecule has 4 rings (SSSR count). The number of aliphatic imine (C=N–C) groups is 1. The van der Waals surface area contributed by atoms with Gasteiger partial charge in [-0.1, -0.05) is 48.5 Å². The summed E-state index contributed by atoms with van der Waals surface area (Å²) in [5.41, 5.74) is -5.26. The molecule has 0 aromatic heterocycles. The number of hydrogen-bond acceptors (Lipinski definition) is 8. The molecule has 9 nitrogen and oxygen atoms in total. The van der Waals surface area contributed by atoms with Crippen LogP contribution in [0.15, 0.2) is 70.7 Å². The lowest BCUT2D eigenvalue weighted by Crippen LogP contribution is -2.54. The van der Waals surface area contributed by atoms with Gasteiger partial charge in [-0.25, -0.2) is 9.59 Å². The molecule has 0 saturated carbocycles. The topological polar surface area (TPSA) is 133 Å². The zero-order valence-electron chi connectivity index (χ0n) is 21.7. The van der Waals surface area contributed by atoms with Gasteiger partial charge in [0.05, 0.1) is 55.3 Å². The van der Waals surface area contributed by atoms with Gasteiger partial charge in [-0.15, -0.1) is 0 Å². The second kappa shape index (κ2) is 9.28. The Morgan fingerprint density at radius 3 is 2.08 bits per heavy atom. The quantitative estimate of drug-likeness (QED) is 0.576. The smallest absolute Gasteiger partial charge is 0.340 e. The summed E-state index contributed by atoms with van der Waals surface area (Å²) in [5, 5.41) is 21.4. The third-order valence-corrected chi connectivity index (χ3v) is 6.69. The summed E-state index contributed by atoms with van der Waals surface area (Å²) in [6, 6.07) is 19.8. The van der Waals surface area contributed by atoms with Gasteiger partial charge in [-0.2, -0.15) is 10.5 Å². The Kier molecular flexibility index (Phi) is 6.42. The Bertz CT molecular complexity index is 1470. The first-order chi connectivity index (χ1) is 18.0. The van der Waals surface area contributed by atoms with E-state index in [2.05, 4.69) is 4.99 Å². The number of fused-ring (bicyclic) bond motifs is 2. The van der Waals surface area contributed by atoms with Crippen molar-refractivity contribution in [3.63, 3.8) is 0 Å². The molecule has 1 heterocycles. The average molecular weight is 511 g/mol. The molecule has 38 heavy (non-hydrogen) atoms. The van der Waals surface area contributed by atoms with Gasteiger partial charge in [-0.3, -0.25) is 9.79 Å². The zero-order valence-corrected chi connectivity index (χ0v) is 21.7. The summed E-state index contributed by atoms with van der Waals surface area (Å²) in [4.78, 5) is 47.5. The van der Waals surface area contributed by atoms with E-state index in [1.165, 1.54) is 4.90 Å². The normalized spacial score (nSPS) is 20.8. The second-order valence-corrected chi connectivity index (χ2v) is 9.98. The van der Waals surface area contributed by atoms with E-state index < -0.39 is 45.4 Å². The molecule has 1 atom stereocenters. The minimum Gasteiger partial charge on any atom is -0.466 e. The highest BCUT2D eigenvalue weighted by molar-refractivity contribution is 6.36. The van der Waals surface area contributed by atoms with Crippen LogP contribution >= 0.6 is 0 Å². The molecule has 1 aliphatic carbocycles. The summed E-state index contributed by atoms with van der Waals surface area (Å²) in [6.07, 6.45) is 0. The van der Waals surface area contributed by atoms with Crippen molar-refractivity contribution in [1.29, 1.82) is 10.5 Å². The fourth-order valence-corrected chi connectivity index (χ4v) is 5.27. The van der Waals surface area contributed by atoms with Crippen LogP contribution in [0.2, 0.25) is 0 Å². The van der Waals surface area contributed by atoms with E-state index in [4.69, 9.17) is 9.47 Å². The van der Waals surface area contributed by atoms with Crippen molar-refractivity contribution in [2.75, 3.05) is 19.1 Å². The van der Waals surface area contributed by atoms with Crippen molar-refractivity contribution in [3.05, 3.63) is 76.9 Å². The van der Waals surface area contributed by atoms with Gasteiger partial charge in [0.25, 0.3) is 0 Å². The number of benzene rings is 2. The molecule has 1 unspecified atom stereocenters. The number of para-hydroxylation sites is 1. The largest absolute Gasteiger partial charge is 0.466 e. The van der Waals surface area contributed by atoms with Crippen LogP contribution in [0.5, 0.6) is 0 Å². The van der Waals surface area contributed by atoms with E-state index in [1.54, 1.807) is 45.0 Å². The van der Waals surface area contributed by atoms with Crippen LogP contribution in [0.3, 0.4) is 0 Å². The molecule has 9 heteroatoms. The number of carbonyl (C=O) groups excluding carboxylic acids is 3. The maximum absolute atomic E-state index is 14.7. The highest BCUT2D eigenvalue weighted by Gasteiger charge is 2.76. The molecule has 0 fully saturated rings. The average Bonchev–Trinajstić information content (AvgIpc) is 3.30. The molecular weight excluding hydrogens is 484 g/mol. The number of nitrogens with zero attached hydrogens (tertiary/aromatic N) is 4. The highest BCUT2D eigenvalue weighted by Crippen LogP contribution is 2.62. The standard InChI is InChI=1S/C29H26N4O5/c1-27(2,3)32-23-21(24(34)37-4)22(25(35)38-5)29(28(23,16-30)17-31)19-13-9-10-14-20(19)33(26(29)36)15-18-11-7-6-8-12-18/h6-14H,15H2,1-5H3. The molecule has 0 saturated heterocycles. The minimum atomic E-state index is -2.38. The van der Waals surface area contributed by atoms with Crippen molar-refractivity contribution in [2.24, 2.45) is 10.4 Å². The summed E-state index contributed by atoms with van der Waals surface area (Å²) in [7, 11) is 2.21. The molecule has 0 bridgehead atoms. The van der Waals surface area contributed by atoms with E-state index in [-0.39, 0.29) is 17.8 Å². The molecule has 1 amide bonds. The maximum atomic E-state index is 14.7. The number of methoxy groups -OCH3 is 2. The second-order valence-electron chi connectivity index (χ2n) is 9.98. The summed E-state index contributed by atoms with van der Waals surface area (Å²) in [6.45, 7) is 5.23. The molecule has 2 aliphatic rings. The van der Waals surface area contributed by atoms with Crippen molar-refractivity contribution in [1.82, 2.24) is 0 Å². The summed E-state index contributed by atoms with van der Waals surface area (Å²) < 4.78 is 10.1. The lowest BCUT2D eigenvalue weighted by Gasteiger charge is -2.34. The number of nitriles is 2. The third kappa shape index (κ3) is 3.51. The van der Waals surface area contributed by atoms with Crippen LogP contribution in [0.4, 0.5) is 5.69 Å². The lowest BCUT2D eigenvalue weighted by atomic mass is 9.60. The molecular formula is C29H26N4O5. The summed E-state index contributed by atoms with van der Waals surface area (Å²) in [5.74, 6) is -2.76. The van der Waals surface area contributed by atoms with Gasteiger partial charge in [0.1, 0.15) is 5.41 Å². The number of rotatable bonds is 4. The van der Waals surface area contributed by atoms with Gasteiger partial charge < -0.3 is 14.4 Å². The van der Waals surface area contributed by atoms with Crippen LogP contribution in [0.1, 0.15) is 31.9 Å². The molecule has 0 radical (unpaired) electrons. The SMILES string of the molecule is COC(=O)C1=C(C(=O)OC)C2(C(=O)N(Cc3ccccc3)c3ccccc32)C(C#N)(C#N)C1=NC(C)(C)C. The zero-order chi connectivity index (χ0) is 27.9. The van der Waals surface area contributed by atoms with Crippen LogP contribution < -0.4 is 4.90 Å². The van der Waals surface area contributed by atoms with E-state index >= 15 is 0 Å². The molecule has 2 aromatic rings. The number of esters is 2. The third-order valence-electron chi connectivity index (χ3n) is 6.69. The molecule has 1 aliphatic heterocycles. The van der Waals surface area contributed by atoms with E-state index in [0.717, 1.165) is 19.8 Å². The number of amides is 1. The lowest BCUT2D eigenvalue weighted by molar-refractivity contribution is -0.140. The van der Waals surface area contributed by atoms with Crippen molar-refractivity contribution in [2.45, 2.75) is 38.3 Å². The van der Waals surface area contributed by atoms with Gasteiger partial charge in [-0.05, 0) is 38.0 Å². The van der Waals surface area contributed by atoms with Gasteiger partial charge >= 0.3 is 11.9 Å². The van der Waals surface area contributed by atoms with Crippen LogP contribution in [-0.2, 0) is 35.8 Å². The van der Waals surface area contributed by atoms with E-state index in [0.29, 0.717) is 5.69 Å². The maximum Gasteiger partial charge on any atom is 0.340 e. The fraction of sp³-hybridized carbons (Fsp3) is 0.310. The molecule has 192 valence electrons. The predicted octanol–water partition coefficient (Wildman–Crippen LogP) is 3.40. The van der Waals surface area contributed by atoms with Gasteiger partial charge in [0.15, 0.2) is 0 Å². The Balaban J connectivity index is 2.20. The van der Waals surface area contributed by atoms with Gasteiger partial charge in [0.2, 0.25) is 11.3 Å². The van der Waals surface area contributed by atoms with Crippen LogP contribution in [0.25, 0.3) is 0 Å². The molecule has 2 aromatic carbocycles.